The van der Waals surface area contributed by atoms with Crippen LogP contribution in [0.2, 0.25) is 5.02 Å². The van der Waals surface area contributed by atoms with E-state index < -0.39 is 0 Å². The largest absolute Gasteiger partial charge is 0.381 e. The molecule has 1 fully saturated rings. The minimum atomic E-state index is -0.286. The number of nitrogens with one attached hydrogen (secondary N) is 1. The van der Waals surface area contributed by atoms with Crippen LogP contribution < -0.4 is 5.32 Å². The van der Waals surface area contributed by atoms with Gasteiger partial charge in [0.1, 0.15) is 5.82 Å². The van der Waals surface area contributed by atoms with Gasteiger partial charge in [-0.3, -0.25) is 0 Å². The fraction of sp³-hybridized carbons (Fsp3) is 0.571. The third-order valence-corrected chi connectivity index (χ3v) is 3.97. The van der Waals surface area contributed by atoms with E-state index in [0.717, 1.165) is 26.1 Å². The summed E-state index contributed by atoms with van der Waals surface area (Å²) in [7, 11) is 1.93. The van der Waals surface area contributed by atoms with Gasteiger partial charge in [-0.05, 0) is 43.9 Å². The molecule has 2 rings (SSSR count). The Labute approximate surface area is 112 Å². The summed E-state index contributed by atoms with van der Waals surface area (Å²) in [6, 6.07) is 5.48. The topological polar surface area (TPSA) is 21.3 Å². The Morgan fingerprint density at radius 3 is 2.83 bits per heavy atom. The maximum atomic E-state index is 13.9. The van der Waals surface area contributed by atoms with E-state index in [1.165, 1.54) is 0 Å². The second-order valence-electron chi connectivity index (χ2n) is 4.76. The van der Waals surface area contributed by atoms with Gasteiger partial charge < -0.3 is 10.1 Å². The van der Waals surface area contributed by atoms with Gasteiger partial charge in [0.2, 0.25) is 0 Å². The highest BCUT2D eigenvalue weighted by Gasteiger charge is 2.24. The lowest BCUT2D eigenvalue weighted by atomic mass is 9.87. The van der Waals surface area contributed by atoms with Gasteiger partial charge in [0.05, 0.1) is 5.02 Å². The summed E-state index contributed by atoms with van der Waals surface area (Å²) < 4.78 is 19.2. The molecule has 1 aromatic rings. The van der Waals surface area contributed by atoms with Crippen molar-refractivity contribution < 1.29 is 9.13 Å². The molecule has 0 saturated carbocycles. The molecule has 18 heavy (non-hydrogen) atoms. The van der Waals surface area contributed by atoms with Crippen molar-refractivity contribution in [2.45, 2.75) is 25.3 Å². The molecule has 0 aromatic heterocycles. The Morgan fingerprint density at radius 2 is 2.17 bits per heavy atom. The fourth-order valence-electron chi connectivity index (χ4n) is 2.57. The monoisotopic (exact) mass is 271 g/mol. The van der Waals surface area contributed by atoms with E-state index >= 15 is 0 Å². The predicted octanol–water partition coefficient (Wildman–Crippen LogP) is 3.04. The fourth-order valence-corrected chi connectivity index (χ4v) is 2.76. The molecule has 0 aliphatic carbocycles. The summed E-state index contributed by atoms with van der Waals surface area (Å²) in [6.45, 7) is 1.61. The van der Waals surface area contributed by atoms with Crippen LogP contribution in [0.25, 0.3) is 0 Å². The Kier molecular flexibility index (Phi) is 4.98. The average molecular weight is 272 g/mol. The molecule has 1 atom stereocenters. The van der Waals surface area contributed by atoms with E-state index in [1.807, 2.05) is 13.1 Å². The molecular formula is C14H19ClFNO. The van der Waals surface area contributed by atoms with E-state index in [9.17, 15) is 4.39 Å². The summed E-state index contributed by atoms with van der Waals surface area (Å²) in [5, 5.41) is 3.50. The molecule has 1 unspecified atom stereocenters. The summed E-state index contributed by atoms with van der Waals surface area (Å²) in [6.07, 6.45) is 2.74. The summed E-state index contributed by atoms with van der Waals surface area (Å²) in [5.41, 5.74) is 0.688. The van der Waals surface area contributed by atoms with Crippen LogP contribution in [0.4, 0.5) is 4.39 Å². The molecule has 100 valence electrons. The molecule has 0 radical (unpaired) electrons. The molecule has 1 saturated heterocycles. The van der Waals surface area contributed by atoms with E-state index in [0.29, 0.717) is 17.9 Å². The van der Waals surface area contributed by atoms with Crippen LogP contribution in [0.5, 0.6) is 0 Å². The Morgan fingerprint density at radius 1 is 1.44 bits per heavy atom. The van der Waals surface area contributed by atoms with Crippen molar-refractivity contribution >= 4 is 11.6 Å². The van der Waals surface area contributed by atoms with E-state index in [2.05, 4.69) is 5.32 Å². The molecule has 1 aliphatic rings. The quantitative estimate of drug-likeness (QED) is 0.909. The summed E-state index contributed by atoms with van der Waals surface area (Å²) in [4.78, 5) is 0. The lowest BCUT2D eigenvalue weighted by Gasteiger charge is -2.30. The van der Waals surface area contributed by atoms with Gasteiger partial charge in [-0.1, -0.05) is 23.7 Å². The maximum absolute atomic E-state index is 13.9. The van der Waals surface area contributed by atoms with E-state index in [1.54, 1.807) is 12.1 Å². The first-order valence-electron chi connectivity index (χ1n) is 6.40. The molecule has 1 N–H and O–H groups in total. The molecule has 0 bridgehead atoms. The number of benzene rings is 1. The maximum Gasteiger partial charge on any atom is 0.145 e. The standard InChI is InChI=1S/C14H19ClFNO/c1-17-13(10-5-7-18-8-6-10)9-11-3-2-4-12(15)14(11)16/h2-4,10,13,17H,5-9H2,1H3. The van der Waals surface area contributed by atoms with Crippen LogP contribution in [0.3, 0.4) is 0 Å². The highest BCUT2D eigenvalue weighted by molar-refractivity contribution is 6.30. The van der Waals surface area contributed by atoms with Crippen molar-refractivity contribution in [3.8, 4) is 0 Å². The number of halogens is 2. The first-order chi connectivity index (χ1) is 8.72. The minimum absolute atomic E-state index is 0.203. The second-order valence-corrected chi connectivity index (χ2v) is 5.17. The van der Waals surface area contributed by atoms with Crippen molar-refractivity contribution in [1.82, 2.24) is 5.32 Å². The number of hydrogen-bond donors (Lipinski definition) is 1. The highest BCUT2D eigenvalue weighted by Crippen LogP contribution is 2.24. The number of hydrogen-bond acceptors (Lipinski definition) is 2. The molecule has 0 spiro atoms. The van der Waals surface area contributed by atoms with Gasteiger partial charge in [0.25, 0.3) is 0 Å². The molecular weight excluding hydrogens is 253 g/mol. The molecule has 0 amide bonds. The smallest absolute Gasteiger partial charge is 0.145 e. The van der Waals surface area contributed by atoms with Crippen LogP contribution in [-0.2, 0) is 11.2 Å². The van der Waals surface area contributed by atoms with Crippen LogP contribution in [0, 0.1) is 11.7 Å². The van der Waals surface area contributed by atoms with Gasteiger partial charge in [-0.2, -0.15) is 0 Å². The average Bonchev–Trinajstić information content (AvgIpc) is 2.41. The third kappa shape index (κ3) is 3.22. The van der Waals surface area contributed by atoms with Gasteiger partial charge in [-0.25, -0.2) is 4.39 Å². The molecule has 4 heteroatoms. The van der Waals surface area contributed by atoms with Crippen molar-refractivity contribution in [3.63, 3.8) is 0 Å². The molecule has 2 nitrogen and oxygen atoms in total. The molecule has 1 aliphatic heterocycles. The Bertz CT molecular complexity index is 393. The molecule has 1 heterocycles. The van der Waals surface area contributed by atoms with Gasteiger partial charge >= 0.3 is 0 Å². The van der Waals surface area contributed by atoms with Crippen LogP contribution >= 0.6 is 11.6 Å². The van der Waals surface area contributed by atoms with E-state index in [-0.39, 0.29) is 16.9 Å². The number of rotatable bonds is 4. The Hall–Kier alpha value is -0.640. The minimum Gasteiger partial charge on any atom is -0.381 e. The van der Waals surface area contributed by atoms with Gasteiger partial charge in [0.15, 0.2) is 0 Å². The zero-order valence-electron chi connectivity index (χ0n) is 10.6. The molecule has 1 aromatic carbocycles. The normalized spacial score (nSPS) is 18.8. The number of likely N-dealkylation sites (N-methyl/N-ethyl adjacent to an activating group) is 1. The lowest BCUT2D eigenvalue weighted by Crippen LogP contribution is -2.38. The zero-order chi connectivity index (χ0) is 13.0. The van der Waals surface area contributed by atoms with Crippen LogP contribution in [0.1, 0.15) is 18.4 Å². The van der Waals surface area contributed by atoms with Crippen molar-refractivity contribution in [2.24, 2.45) is 5.92 Å². The van der Waals surface area contributed by atoms with Gasteiger partial charge in [-0.15, -0.1) is 0 Å². The van der Waals surface area contributed by atoms with Crippen LogP contribution in [0.15, 0.2) is 18.2 Å². The van der Waals surface area contributed by atoms with E-state index in [4.69, 9.17) is 16.3 Å². The van der Waals surface area contributed by atoms with Crippen molar-refractivity contribution in [3.05, 3.63) is 34.6 Å². The first-order valence-corrected chi connectivity index (χ1v) is 6.78. The third-order valence-electron chi connectivity index (χ3n) is 3.68. The summed E-state index contributed by atoms with van der Waals surface area (Å²) >= 11 is 5.81. The lowest BCUT2D eigenvalue weighted by molar-refractivity contribution is 0.0547. The number of ether oxygens (including phenoxy) is 1. The predicted molar refractivity (Wildman–Crippen MR) is 71.5 cm³/mol. The van der Waals surface area contributed by atoms with Gasteiger partial charge in [0, 0.05) is 19.3 Å². The first kappa shape index (κ1) is 13.8. The van der Waals surface area contributed by atoms with Crippen molar-refractivity contribution in [1.29, 1.82) is 0 Å². The second kappa shape index (κ2) is 6.50. The Balaban J connectivity index is 2.07. The van der Waals surface area contributed by atoms with Crippen LogP contribution in [-0.4, -0.2) is 26.3 Å². The summed E-state index contributed by atoms with van der Waals surface area (Å²) in [5.74, 6) is 0.258. The highest BCUT2D eigenvalue weighted by atomic mass is 35.5. The zero-order valence-corrected chi connectivity index (χ0v) is 11.3. The SMILES string of the molecule is CNC(Cc1cccc(Cl)c1F)C1CCOCC1. The van der Waals surface area contributed by atoms with Crippen molar-refractivity contribution in [2.75, 3.05) is 20.3 Å².